The van der Waals surface area contributed by atoms with Crippen molar-refractivity contribution >= 4 is 29.2 Å². The maximum atomic E-state index is 14.5. The van der Waals surface area contributed by atoms with Crippen LogP contribution in [0.2, 0.25) is 5.02 Å². The van der Waals surface area contributed by atoms with Crippen molar-refractivity contribution in [2.45, 2.75) is 24.6 Å². The maximum Gasteiger partial charge on any atom is 0.422 e. The Morgan fingerprint density at radius 2 is 1.76 bits per heavy atom. The Balaban J connectivity index is 1.69. The molecule has 0 saturated carbocycles. The zero-order valence-electron chi connectivity index (χ0n) is 19.8. The van der Waals surface area contributed by atoms with Crippen molar-refractivity contribution in [2.75, 3.05) is 18.6 Å². The highest BCUT2D eigenvalue weighted by Gasteiger charge is 2.59. The number of hydrogen-bond acceptors (Lipinski definition) is 5. The fraction of sp³-hybridized carbons (Fsp3) is 0.231. The number of alkyl halides is 3. The van der Waals surface area contributed by atoms with E-state index >= 15 is 0 Å². The molecule has 7 nitrogen and oxygen atoms in total. The summed E-state index contributed by atoms with van der Waals surface area (Å²) in [4.78, 5) is 24.1. The molecule has 0 aliphatic carbocycles. The van der Waals surface area contributed by atoms with Crippen molar-refractivity contribution in [3.63, 3.8) is 0 Å². The molecule has 0 bridgehead atoms. The van der Waals surface area contributed by atoms with Gasteiger partial charge in [-0.05, 0) is 47.5 Å². The summed E-state index contributed by atoms with van der Waals surface area (Å²) in [7, 11) is 1.39. The number of nitrogens with zero attached hydrogens (tertiary/aromatic N) is 1. The van der Waals surface area contributed by atoms with E-state index in [4.69, 9.17) is 26.2 Å². The van der Waals surface area contributed by atoms with Gasteiger partial charge in [0.05, 0.1) is 11.3 Å². The number of aliphatic hydroxyl groups is 1. The Morgan fingerprint density at radius 3 is 2.37 bits per heavy atom. The zero-order chi connectivity index (χ0) is 28.0. The first-order valence-corrected chi connectivity index (χ1v) is 11.4. The van der Waals surface area contributed by atoms with Gasteiger partial charge in [0.1, 0.15) is 23.1 Å². The minimum Gasteiger partial charge on any atom is -0.482 e. The number of hydrogen-bond donors (Lipinski definition) is 2. The predicted molar refractivity (Wildman–Crippen MR) is 129 cm³/mol. The molecular formula is C26H20ClF4NO6. The number of carboxylic acid groups (broad SMARTS) is 1. The topological polar surface area (TPSA) is 96.3 Å². The Kier molecular flexibility index (Phi) is 7.02. The number of amides is 1. The van der Waals surface area contributed by atoms with E-state index in [1.54, 1.807) is 0 Å². The molecule has 1 aliphatic heterocycles. The van der Waals surface area contributed by atoms with Crippen LogP contribution in [-0.4, -0.2) is 41.9 Å². The van der Waals surface area contributed by atoms with Crippen molar-refractivity contribution in [1.29, 1.82) is 0 Å². The van der Waals surface area contributed by atoms with E-state index in [2.05, 4.69) is 0 Å². The lowest BCUT2D eigenvalue weighted by Crippen LogP contribution is -2.47. The minimum atomic E-state index is -5.15. The average Bonchev–Trinajstić information content (AvgIpc) is 2.84. The number of halogens is 5. The number of fused-ring (bicyclic) bond motifs is 1. The number of anilines is 1. The van der Waals surface area contributed by atoms with Crippen molar-refractivity contribution in [3.05, 3.63) is 82.1 Å². The summed E-state index contributed by atoms with van der Waals surface area (Å²) >= 11 is 6.31. The summed E-state index contributed by atoms with van der Waals surface area (Å²) < 4.78 is 68.1. The minimum absolute atomic E-state index is 0.0371. The molecule has 1 amide bonds. The molecule has 1 aliphatic rings. The van der Waals surface area contributed by atoms with Gasteiger partial charge in [-0.3, -0.25) is 4.79 Å². The van der Waals surface area contributed by atoms with Crippen LogP contribution >= 0.6 is 11.6 Å². The second-order valence-electron chi connectivity index (χ2n) is 8.64. The van der Waals surface area contributed by atoms with E-state index in [1.807, 2.05) is 0 Å². The quantitative estimate of drug-likeness (QED) is 0.370. The summed E-state index contributed by atoms with van der Waals surface area (Å²) in [5, 5.41) is 19.9. The van der Waals surface area contributed by atoms with Gasteiger partial charge in [-0.15, -0.1) is 0 Å². The first-order chi connectivity index (χ1) is 17.7. The lowest BCUT2D eigenvalue weighted by molar-refractivity contribution is -0.274. The first kappa shape index (κ1) is 27.2. The monoisotopic (exact) mass is 553 g/mol. The van der Waals surface area contributed by atoms with Crippen LogP contribution in [0.25, 0.3) is 0 Å². The van der Waals surface area contributed by atoms with Crippen LogP contribution in [0.5, 0.6) is 17.2 Å². The molecule has 3 aromatic carbocycles. The molecule has 2 N–H and O–H groups in total. The molecule has 1 heterocycles. The number of carbonyl (C=O) groups excluding carboxylic acids is 1. The Morgan fingerprint density at radius 1 is 1.11 bits per heavy atom. The van der Waals surface area contributed by atoms with Crippen LogP contribution in [0.15, 0.2) is 54.6 Å². The van der Waals surface area contributed by atoms with E-state index in [9.17, 15) is 32.3 Å². The Labute approximate surface area is 218 Å². The van der Waals surface area contributed by atoms with Gasteiger partial charge in [0.15, 0.2) is 12.2 Å². The predicted octanol–water partition coefficient (Wildman–Crippen LogP) is 5.88. The third-order valence-electron chi connectivity index (χ3n) is 6.39. The molecule has 12 heteroatoms. The number of rotatable bonds is 6. The fourth-order valence-corrected chi connectivity index (χ4v) is 4.52. The number of carbonyl (C=O) groups is 2. The van der Waals surface area contributed by atoms with Crippen molar-refractivity contribution in [1.82, 2.24) is 0 Å². The van der Waals surface area contributed by atoms with E-state index in [0.717, 1.165) is 36.1 Å². The zero-order valence-corrected chi connectivity index (χ0v) is 20.6. The molecule has 0 aromatic heterocycles. The van der Waals surface area contributed by atoms with Crippen molar-refractivity contribution in [2.24, 2.45) is 0 Å². The molecule has 4 rings (SSSR count). The van der Waals surface area contributed by atoms with Gasteiger partial charge in [-0.25, -0.2) is 9.18 Å². The largest absolute Gasteiger partial charge is 0.482 e. The third kappa shape index (κ3) is 4.74. The molecule has 0 saturated heterocycles. The molecular weight excluding hydrogens is 534 g/mol. The van der Waals surface area contributed by atoms with E-state index in [-0.39, 0.29) is 40.1 Å². The lowest BCUT2D eigenvalue weighted by atomic mass is 9.77. The number of benzene rings is 3. The number of carboxylic acids is 1. The first-order valence-electron chi connectivity index (χ1n) is 11.1. The van der Waals surface area contributed by atoms with Gasteiger partial charge in [-0.2, -0.15) is 13.2 Å². The highest BCUT2D eigenvalue weighted by atomic mass is 35.5. The second-order valence-corrected chi connectivity index (χ2v) is 9.05. The number of ether oxygens (including phenoxy) is 2. The third-order valence-corrected chi connectivity index (χ3v) is 6.72. The molecule has 2 atom stereocenters. The molecule has 0 spiro atoms. The smallest absolute Gasteiger partial charge is 0.422 e. The summed E-state index contributed by atoms with van der Waals surface area (Å²) in [6, 6.07) is 10.2. The maximum absolute atomic E-state index is 14.5. The molecule has 0 unspecified atom stereocenters. The number of likely N-dealkylation sites (N-methyl/N-ethyl adjacent to an activating group) is 1. The van der Waals surface area contributed by atoms with Gasteiger partial charge < -0.3 is 24.6 Å². The standard InChI is InChI=1S/C26H20ClF4NO6/c1-13(17-6-4-15(10-19(17)27)38-16-5-7-18(24(34)35)20(28)11-16)25(36,26(29,30)31)14-3-8-22-21(9-14)32(2)23(33)12-37-22/h3-11,13,36H,12H2,1-2H3,(H,34,35)/t13-,25-/m1/s1. The summed E-state index contributed by atoms with van der Waals surface area (Å²) in [6.45, 7) is 0.892. The van der Waals surface area contributed by atoms with E-state index < -0.39 is 46.5 Å². The fourth-order valence-electron chi connectivity index (χ4n) is 4.18. The normalized spacial score (nSPS) is 15.8. The van der Waals surface area contributed by atoms with Crippen LogP contribution in [0.1, 0.15) is 34.3 Å². The molecule has 0 radical (unpaired) electrons. The van der Waals surface area contributed by atoms with Gasteiger partial charge >= 0.3 is 12.1 Å². The lowest BCUT2D eigenvalue weighted by Gasteiger charge is -2.38. The van der Waals surface area contributed by atoms with Crippen LogP contribution in [0.3, 0.4) is 0 Å². The van der Waals surface area contributed by atoms with Crippen LogP contribution in [-0.2, 0) is 10.4 Å². The number of aromatic carboxylic acids is 1. The Bertz CT molecular complexity index is 1430. The van der Waals surface area contributed by atoms with Gasteiger partial charge in [0.2, 0.25) is 0 Å². The molecule has 38 heavy (non-hydrogen) atoms. The highest BCUT2D eigenvalue weighted by molar-refractivity contribution is 6.31. The van der Waals surface area contributed by atoms with Crippen molar-refractivity contribution in [3.8, 4) is 17.2 Å². The van der Waals surface area contributed by atoms with E-state index in [0.29, 0.717) is 0 Å². The van der Waals surface area contributed by atoms with Gasteiger partial charge in [0.25, 0.3) is 5.91 Å². The van der Waals surface area contributed by atoms with Gasteiger partial charge in [0, 0.05) is 24.1 Å². The van der Waals surface area contributed by atoms with Crippen LogP contribution in [0.4, 0.5) is 23.2 Å². The SMILES string of the molecule is C[C@H](c1ccc(Oc2ccc(C(=O)O)c(F)c2)cc1Cl)[C@@](O)(c1ccc2c(c1)N(C)C(=O)CO2)C(F)(F)F. The van der Waals surface area contributed by atoms with E-state index in [1.165, 1.54) is 37.4 Å². The summed E-state index contributed by atoms with van der Waals surface area (Å²) in [5.74, 6) is -4.42. The molecule has 200 valence electrons. The molecule has 0 fully saturated rings. The molecule has 3 aromatic rings. The van der Waals surface area contributed by atoms with Crippen molar-refractivity contribution < 1.29 is 46.8 Å². The highest BCUT2D eigenvalue weighted by Crippen LogP contribution is 2.51. The summed E-state index contributed by atoms with van der Waals surface area (Å²) in [6.07, 6.45) is -5.15. The average molecular weight is 554 g/mol. The summed E-state index contributed by atoms with van der Waals surface area (Å²) in [5.41, 5.74) is -4.48. The van der Waals surface area contributed by atoms with Crippen LogP contribution < -0.4 is 14.4 Å². The van der Waals surface area contributed by atoms with Gasteiger partial charge in [-0.1, -0.05) is 30.7 Å². The second kappa shape index (κ2) is 9.80. The Hall–Kier alpha value is -3.83. The van der Waals surface area contributed by atoms with Crippen LogP contribution in [0, 0.1) is 5.82 Å².